The van der Waals surface area contributed by atoms with Gasteiger partial charge in [-0.15, -0.1) is 0 Å². The fourth-order valence-electron chi connectivity index (χ4n) is 2.61. The fourth-order valence-corrected chi connectivity index (χ4v) is 2.61. The van der Waals surface area contributed by atoms with E-state index in [9.17, 15) is 0 Å². The molecule has 0 aromatic heterocycles. The second kappa shape index (κ2) is 6.44. The number of aliphatic imine (C=N–C) groups is 1. The zero-order chi connectivity index (χ0) is 13.8. The molecule has 0 aromatic carbocycles. The molecule has 0 N–H and O–H groups in total. The van der Waals surface area contributed by atoms with E-state index in [2.05, 4.69) is 81.0 Å². The Morgan fingerprint density at radius 3 is 1.35 bits per heavy atom. The van der Waals surface area contributed by atoms with Crippen molar-refractivity contribution in [2.45, 2.75) is 18.9 Å². The number of hydrogen-bond donors (Lipinski definition) is 0. The van der Waals surface area contributed by atoms with Gasteiger partial charge in [0.2, 0.25) is 0 Å². The largest absolute Gasteiger partial charge is 0.284 e. The second-order valence-corrected chi connectivity index (χ2v) is 5.12. The van der Waals surface area contributed by atoms with Crippen LogP contribution in [-0.2, 0) is 0 Å². The summed E-state index contributed by atoms with van der Waals surface area (Å²) >= 11 is 0. The normalized spacial score (nSPS) is 15.8. The zero-order valence-corrected chi connectivity index (χ0v) is 12.9. The molecule has 0 spiro atoms. The summed E-state index contributed by atoms with van der Waals surface area (Å²) in [6.07, 6.45) is 1.91. The molecule has 5 nitrogen and oxygen atoms in total. The van der Waals surface area contributed by atoms with Crippen LogP contribution in [0.1, 0.15) is 6.92 Å². The highest BCUT2D eigenvalue weighted by Gasteiger charge is 2.46. The van der Waals surface area contributed by atoms with Gasteiger partial charge in [0, 0.05) is 0 Å². The molecule has 0 bridgehead atoms. The van der Waals surface area contributed by atoms with Gasteiger partial charge in [-0.25, -0.2) is 0 Å². The van der Waals surface area contributed by atoms with Gasteiger partial charge in [0.05, 0.1) is 0 Å². The standard InChI is InChI=1S/C12H29N5/c1-10-13-11(14(2)3)12(15(4)5,16(6)7)17(8)9/h10-11H,1-9H3. The van der Waals surface area contributed by atoms with Gasteiger partial charge in [-0.05, 0) is 69.5 Å². The molecule has 0 aromatic rings. The molecule has 0 rings (SSSR count). The van der Waals surface area contributed by atoms with Gasteiger partial charge < -0.3 is 0 Å². The molecule has 0 heterocycles. The molecule has 0 aliphatic heterocycles. The fraction of sp³-hybridized carbons (Fsp3) is 0.917. The van der Waals surface area contributed by atoms with E-state index in [0.717, 1.165) is 0 Å². The van der Waals surface area contributed by atoms with Crippen LogP contribution < -0.4 is 0 Å². The highest BCUT2D eigenvalue weighted by molar-refractivity contribution is 5.53. The van der Waals surface area contributed by atoms with Crippen molar-refractivity contribution in [3.8, 4) is 0 Å². The summed E-state index contributed by atoms with van der Waals surface area (Å²) in [4.78, 5) is 13.4. The summed E-state index contributed by atoms with van der Waals surface area (Å²) in [5.41, 5.74) is 0. The van der Waals surface area contributed by atoms with Crippen LogP contribution >= 0.6 is 0 Å². The Morgan fingerprint density at radius 1 is 0.824 bits per heavy atom. The number of likely N-dealkylation sites (N-methyl/N-ethyl adjacent to an activating group) is 4. The molecule has 5 heteroatoms. The Kier molecular flexibility index (Phi) is 6.26. The Labute approximate surface area is 107 Å². The van der Waals surface area contributed by atoms with E-state index < -0.39 is 0 Å². The first-order chi connectivity index (χ1) is 7.72. The van der Waals surface area contributed by atoms with Crippen LogP contribution in [0.2, 0.25) is 0 Å². The lowest BCUT2D eigenvalue weighted by Gasteiger charge is -2.54. The maximum Gasteiger partial charge on any atom is 0.166 e. The van der Waals surface area contributed by atoms with E-state index >= 15 is 0 Å². The molecule has 17 heavy (non-hydrogen) atoms. The van der Waals surface area contributed by atoms with E-state index in [1.165, 1.54) is 0 Å². The Hall–Kier alpha value is -0.490. The minimum absolute atomic E-state index is 0.0347. The van der Waals surface area contributed by atoms with Crippen LogP contribution in [0.15, 0.2) is 4.99 Å². The molecule has 0 fully saturated rings. The molecule has 102 valence electrons. The lowest BCUT2D eigenvalue weighted by molar-refractivity contribution is -0.152. The quantitative estimate of drug-likeness (QED) is 0.495. The summed E-state index contributed by atoms with van der Waals surface area (Å²) in [5, 5.41) is 0. The summed E-state index contributed by atoms with van der Waals surface area (Å²) in [7, 11) is 16.6. The Morgan fingerprint density at radius 2 is 1.18 bits per heavy atom. The predicted octanol–water partition coefficient (Wildman–Crippen LogP) is 0.303. The van der Waals surface area contributed by atoms with E-state index in [-0.39, 0.29) is 12.0 Å². The van der Waals surface area contributed by atoms with Gasteiger partial charge in [0.25, 0.3) is 0 Å². The molecule has 1 atom stereocenters. The van der Waals surface area contributed by atoms with E-state index in [0.29, 0.717) is 0 Å². The van der Waals surface area contributed by atoms with Gasteiger partial charge in [0.15, 0.2) is 5.79 Å². The summed E-state index contributed by atoms with van der Waals surface area (Å²) in [5.74, 6) is -0.282. The van der Waals surface area contributed by atoms with Gasteiger partial charge in [-0.2, -0.15) is 0 Å². The first-order valence-corrected chi connectivity index (χ1v) is 5.89. The lowest BCUT2D eigenvalue weighted by atomic mass is 10.1. The molecule has 0 aliphatic rings. The molecule has 0 saturated carbocycles. The van der Waals surface area contributed by atoms with Crippen LogP contribution in [0.3, 0.4) is 0 Å². The predicted molar refractivity (Wildman–Crippen MR) is 75.4 cm³/mol. The van der Waals surface area contributed by atoms with Crippen LogP contribution in [-0.4, -0.2) is 94.1 Å². The molecule has 1 unspecified atom stereocenters. The second-order valence-electron chi connectivity index (χ2n) is 5.12. The van der Waals surface area contributed by atoms with Crippen LogP contribution in [0, 0.1) is 0 Å². The third kappa shape index (κ3) is 3.04. The van der Waals surface area contributed by atoms with Crippen molar-refractivity contribution in [2.75, 3.05) is 56.4 Å². The molecule has 0 aliphatic carbocycles. The summed E-state index contributed by atoms with van der Waals surface area (Å²) < 4.78 is 0. The summed E-state index contributed by atoms with van der Waals surface area (Å²) in [6, 6.07) is 0. The maximum atomic E-state index is 4.64. The highest BCUT2D eigenvalue weighted by Crippen LogP contribution is 2.26. The number of hydrogen-bond acceptors (Lipinski definition) is 5. The van der Waals surface area contributed by atoms with E-state index in [1.54, 1.807) is 0 Å². The van der Waals surface area contributed by atoms with Crippen molar-refractivity contribution < 1.29 is 0 Å². The zero-order valence-electron chi connectivity index (χ0n) is 12.9. The Balaban J connectivity index is 5.69. The average Bonchev–Trinajstić information content (AvgIpc) is 2.15. The monoisotopic (exact) mass is 243 g/mol. The van der Waals surface area contributed by atoms with Gasteiger partial charge in [-0.1, -0.05) is 0 Å². The molecule has 0 saturated heterocycles. The van der Waals surface area contributed by atoms with Crippen molar-refractivity contribution in [2.24, 2.45) is 4.99 Å². The first-order valence-electron chi connectivity index (χ1n) is 5.89. The molecular weight excluding hydrogens is 214 g/mol. The average molecular weight is 243 g/mol. The minimum atomic E-state index is -0.282. The van der Waals surface area contributed by atoms with E-state index in [4.69, 9.17) is 0 Å². The lowest BCUT2D eigenvalue weighted by Crippen LogP contribution is -2.72. The van der Waals surface area contributed by atoms with Crippen molar-refractivity contribution in [3.63, 3.8) is 0 Å². The van der Waals surface area contributed by atoms with Gasteiger partial charge in [0.1, 0.15) is 6.17 Å². The van der Waals surface area contributed by atoms with Crippen LogP contribution in [0.25, 0.3) is 0 Å². The number of nitrogens with zero attached hydrogens (tertiary/aromatic N) is 5. The van der Waals surface area contributed by atoms with Crippen molar-refractivity contribution >= 4 is 6.21 Å². The summed E-state index contributed by atoms with van der Waals surface area (Å²) in [6.45, 7) is 1.96. The highest BCUT2D eigenvalue weighted by atomic mass is 15.6. The van der Waals surface area contributed by atoms with Gasteiger partial charge in [-0.3, -0.25) is 24.6 Å². The third-order valence-electron chi connectivity index (χ3n) is 3.10. The van der Waals surface area contributed by atoms with Gasteiger partial charge >= 0.3 is 0 Å². The molecule has 0 radical (unpaired) electrons. The van der Waals surface area contributed by atoms with Crippen molar-refractivity contribution in [1.82, 2.24) is 19.6 Å². The van der Waals surface area contributed by atoms with Crippen molar-refractivity contribution in [3.05, 3.63) is 0 Å². The van der Waals surface area contributed by atoms with Crippen LogP contribution in [0.5, 0.6) is 0 Å². The topological polar surface area (TPSA) is 25.3 Å². The minimum Gasteiger partial charge on any atom is -0.284 e. The van der Waals surface area contributed by atoms with Crippen molar-refractivity contribution in [1.29, 1.82) is 0 Å². The Bertz CT molecular complexity index is 224. The smallest absolute Gasteiger partial charge is 0.166 e. The van der Waals surface area contributed by atoms with Crippen LogP contribution in [0.4, 0.5) is 0 Å². The molecule has 0 amide bonds. The SMILES string of the molecule is CC=NC(N(C)C)C(N(C)C)(N(C)C)N(C)C. The third-order valence-corrected chi connectivity index (χ3v) is 3.10. The molecular formula is C12H29N5. The first kappa shape index (κ1) is 16.5. The van der Waals surface area contributed by atoms with E-state index in [1.807, 2.05) is 13.1 Å². The number of rotatable bonds is 6. The maximum absolute atomic E-state index is 4.64.